The largest absolute Gasteiger partial charge is 0.510 e. The minimum Gasteiger partial charge on any atom is -0.510 e. The number of benzene rings is 1. The van der Waals surface area contributed by atoms with Crippen molar-refractivity contribution >= 4 is 0 Å². The van der Waals surface area contributed by atoms with E-state index in [9.17, 15) is 5.11 Å². The summed E-state index contributed by atoms with van der Waals surface area (Å²) in [6, 6.07) is 10.3. The van der Waals surface area contributed by atoms with Crippen molar-refractivity contribution in [3.05, 3.63) is 59.5 Å². The van der Waals surface area contributed by atoms with Crippen LogP contribution in [0.1, 0.15) is 18.4 Å². The van der Waals surface area contributed by atoms with Gasteiger partial charge in [0.25, 0.3) is 0 Å². The van der Waals surface area contributed by atoms with Gasteiger partial charge in [0.1, 0.15) is 5.76 Å². The Labute approximate surface area is 132 Å². The third-order valence-electron chi connectivity index (χ3n) is 4.15. The molecule has 1 saturated heterocycles. The second-order valence-corrected chi connectivity index (χ2v) is 5.94. The maximum Gasteiger partial charge on any atom is 0.116 e. The van der Waals surface area contributed by atoms with E-state index in [1.807, 2.05) is 24.3 Å². The first-order valence-corrected chi connectivity index (χ1v) is 8.01. The Hall–Kier alpha value is -1.78. The van der Waals surface area contributed by atoms with Crippen LogP contribution in [0, 0.1) is 0 Å². The average molecular weight is 300 g/mol. The van der Waals surface area contributed by atoms with Crippen LogP contribution >= 0.6 is 0 Å². The van der Waals surface area contributed by atoms with Crippen LogP contribution in [0.5, 0.6) is 0 Å². The number of hydrogen-bond donors (Lipinski definition) is 2. The Morgan fingerprint density at radius 2 is 2.14 bits per heavy atom. The van der Waals surface area contributed by atoms with Crippen molar-refractivity contribution in [3.8, 4) is 0 Å². The van der Waals surface area contributed by atoms with Gasteiger partial charge < -0.3 is 20.1 Å². The number of aliphatic hydroxyl groups excluding tert-OH is 1. The molecule has 0 aromatic heterocycles. The monoisotopic (exact) mass is 300 g/mol. The molecule has 22 heavy (non-hydrogen) atoms. The lowest BCUT2D eigenvalue weighted by molar-refractivity contribution is 0.111. The smallest absolute Gasteiger partial charge is 0.116 e. The number of ether oxygens (including phenoxy) is 1. The van der Waals surface area contributed by atoms with Gasteiger partial charge in [-0.3, -0.25) is 0 Å². The zero-order chi connectivity index (χ0) is 15.2. The van der Waals surface area contributed by atoms with E-state index in [0.29, 0.717) is 25.0 Å². The summed E-state index contributed by atoms with van der Waals surface area (Å²) in [7, 11) is 0. The Kier molecular flexibility index (Phi) is 5.14. The molecule has 0 aliphatic carbocycles. The molecule has 2 N–H and O–H groups in total. The molecule has 0 spiro atoms. The normalized spacial score (nSPS) is 21.6. The summed E-state index contributed by atoms with van der Waals surface area (Å²) in [6.45, 7) is 3.83. The van der Waals surface area contributed by atoms with Gasteiger partial charge in [0.15, 0.2) is 0 Å². The highest BCUT2D eigenvalue weighted by atomic mass is 16.5. The molecule has 1 atom stereocenters. The molecule has 0 saturated carbocycles. The summed E-state index contributed by atoms with van der Waals surface area (Å²) >= 11 is 0. The van der Waals surface area contributed by atoms with E-state index < -0.39 is 0 Å². The van der Waals surface area contributed by atoms with Crippen molar-refractivity contribution in [2.45, 2.75) is 25.5 Å². The highest BCUT2D eigenvalue weighted by Gasteiger charge is 2.16. The van der Waals surface area contributed by atoms with Gasteiger partial charge in [-0.25, -0.2) is 0 Å². The topological polar surface area (TPSA) is 44.7 Å². The van der Waals surface area contributed by atoms with Crippen LogP contribution in [0.15, 0.2) is 53.9 Å². The van der Waals surface area contributed by atoms with Gasteiger partial charge >= 0.3 is 0 Å². The molecule has 118 valence electrons. The molecular weight excluding hydrogens is 276 g/mol. The fourth-order valence-corrected chi connectivity index (χ4v) is 2.90. The van der Waals surface area contributed by atoms with E-state index in [4.69, 9.17) is 4.74 Å². The van der Waals surface area contributed by atoms with Crippen LogP contribution in [0.3, 0.4) is 0 Å². The second kappa shape index (κ2) is 7.47. The van der Waals surface area contributed by atoms with E-state index in [1.54, 1.807) is 0 Å². The molecule has 1 fully saturated rings. The Bertz CT molecular complexity index is 533. The van der Waals surface area contributed by atoms with Crippen molar-refractivity contribution in [2.24, 2.45) is 0 Å². The first-order valence-electron chi connectivity index (χ1n) is 8.01. The van der Waals surface area contributed by atoms with Gasteiger partial charge in [-0.1, -0.05) is 30.3 Å². The molecular formula is C18H24N2O2. The maximum atomic E-state index is 10.2. The SMILES string of the molecule is OC1=C(CNCC2CCCO2)C=CN(Cc2ccccc2)C1. The standard InChI is InChI=1S/C18H24N2O2/c21-18-14-20(13-15-5-2-1-3-6-15)9-8-16(18)11-19-12-17-7-4-10-22-17/h1-3,5-6,8-9,17,19,21H,4,7,10-14H2. The van der Waals surface area contributed by atoms with Crippen LogP contribution in [-0.2, 0) is 11.3 Å². The fraction of sp³-hybridized carbons (Fsp3) is 0.444. The minimum absolute atomic E-state index is 0.338. The van der Waals surface area contributed by atoms with Gasteiger partial charge in [0.05, 0.1) is 12.6 Å². The quantitative estimate of drug-likeness (QED) is 0.847. The maximum absolute atomic E-state index is 10.2. The van der Waals surface area contributed by atoms with E-state index in [2.05, 4.69) is 28.5 Å². The number of hydrogen-bond acceptors (Lipinski definition) is 4. The molecule has 2 aliphatic heterocycles. The minimum atomic E-state index is 0.338. The van der Waals surface area contributed by atoms with Gasteiger partial charge in [0.2, 0.25) is 0 Å². The van der Waals surface area contributed by atoms with Crippen molar-refractivity contribution in [3.63, 3.8) is 0 Å². The molecule has 1 unspecified atom stereocenters. The summed E-state index contributed by atoms with van der Waals surface area (Å²) in [4.78, 5) is 2.12. The molecule has 4 nitrogen and oxygen atoms in total. The molecule has 2 aliphatic rings. The lowest BCUT2D eigenvalue weighted by Gasteiger charge is -2.25. The Morgan fingerprint density at radius 3 is 2.86 bits per heavy atom. The van der Waals surface area contributed by atoms with Crippen molar-refractivity contribution < 1.29 is 9.84 Å². The van der Waals surface area contributed by atoms with Crippen LogP contribution < -0.4 is 5.32 Å². The fourth-order valence-electron chi connectivity index (χ4n) is 2.90. The highest BCUT2D eigenvalue weighted by molar-refractivity contribution is 5.28. The zero-order valence-corrected chi connectivity index (χ0v) is 12.9. The predicted octanol–water partition coefficient (Wildman–Crippen LogP) is 2.60. The van der Waals surface area contributed by atoms with E-state index in [1.165, 1.54) is 5.56 Å². The summed E-state index contributed by atoms with van der Waals surface area (Å²) in [5, 5.41) is 13.6. The Balaban J connectivity index is 1.46. The molecule has 0 radical (unpaired) electrons. The number of nitrogens with one attached hydrogen (secondary N) is 1. The summed E-state index contributed by atoms with van der Waals surface area (Å²) < 4.78 is 5.59. The zero-order valence-electron chi connectivity index (χ0n) is 12.9. The Morgan fingerprint density at radius 1 is 1.27 bits per heavy atom. The third-order valence-corrected chi connectivity index (χ3v) is 4.15. The van der Waals surface area contributed by atoms with Gasteiger partial charge in [-0.05, 0) is 24.5 Å². The van der Waals surface area contributed by atoms with E-state index in [-0.39, 0.29) is 0 Å². The number of aliphatic hydroxyl groups is 1. The van der Waals surface area contributed by atoms with E-state index in [0.717, 1.165) is 38.1 Å². The molecule has 1 aromatic carbocycles. The van der Waals surface area contributed by atoms with E-state index >= 15 is 0 Å². The summed E-state index contributed by atoms with van der Waals surface area (Å²) in [5.74, 6) is 0.457. The van der Waals surface area contributed by atoms with Crippen LogP contribution in [0.2, 0.25) is 0 Å². The number of nitrogens with zero attached hydrogens (tertiary/aromatic N) is 1. The molecule has 0 bridgehead atoms. The third kappa shape index (κ3) is 4.12. The van der Waals surface area contributed by atoms with Gasteiger partial charge in [-0.2, -0.15) is 0 Å². The van der Waals surface area contributed by atoms with Crippen LogP contribution in [0.25, 0.3) is 0 Å². The molecule has 0 amide bonds. The summed E-state index contributed by atoms with van der Waals surface area (Å²) in [6.07, 6.45) is 6.71. The van der Waals surface area contributed by atoms with Crippen molar-refractivity contribution in [2.75, 3.05) is 26.2 Å². The molecule has 4 heteroatoms. The molecule has 1 aromatic rings. The predicted molar refractivity (Wildman–Crippen MR) is 87.5 cm³/mol. The van der Waals surface area contributed by atoms with Crippen molar-refractivity contribution in [1.29, 1.82) is 0 Å². The molecule has 3 rings (SSSR count). The lowest BCUT2D eigenvalue weighted by Crippen LogP contribution is -2.30. The van der Waals surface area contributed by atoms with Crippen LogP contribution in [0.4, 0.5) is 0 Å². The first-order chi connectivity index (χ1) is 10.8. The molecule has 2 heterocycles. The number of rotatable bonds is 6. The average Bonchev–Trinajstić information content (AvgIpc) is 3.04. The van der Waals surface area contributed by atoms with Gasteiger partial charge in [0, 0.05) is 38.0 Å². The van der Waals surface area contributed by atoms with Gasteiger partial charge in [-0.15, -0.1) is 0 Å². The second-order valence-electron chi connectivity index (χ2n) is 5.94. The first kappa shape index (κ1) is 15.1. The van der Waals surface area contributed by atoms with Crippen molar-refractivity contribution in [1.82, 2.24) is 10.2 Å². The van der Waals surface area contributed by atoms with Crippen LogP contribution in [-0.4, -0.2) is 42.4 Å². The highest BCUT2D eigenvalue weighted by Crippen LogP contribution is 2.16. The lowest BCUT2D eigenvalue weighted by atomic mass is 10.1. The summed E-state index contributed by atoms with van der Waals surface area (Å²) in [5.41, 5.74) is 2.22.